The van der Waals surface area contributed by atoms with Gasteiger partial charge in [-0.3, -0.25) is 9.59 Å². The molecule has 6 nitrogen and oxygen atoms in total. The van der Waals surface area contributed by atoms with Crippen molar-refractivity contribution in [2.45, 2.75) is 6.92 Å². The number of hydrogen-bond donors (Lipinski definition) is 1. The minimum atomic E-state index is -0.283. The first-order valence-corrected chi connectivity index (χ1v) is 11.0. The molecule has 0 spiro atoms. The molecule has 1 N–H and O–H groups in total. The van der Waals surface area contributed by atoms with Gasteiger partial charge in [-0.25, -0.2) is 0 Å². The molecule has 0 saturated carbocycles. The van der Waals surface area contributed by atoms with Crippen molar-refractivity contribution in [3.05, 3.63) is 88.4 Å². The molecule has 0 atom stereocenters. The highest BCUT2D eigenvalue weighted by Gasteiger charge is 2.17. The van der Waals surface area contributed by atoms with E-state index in [-0.39, 0.29) is 11.8 Å². The number of carbonyl (C=O) groups excluding carboxylic acids is 2. The summed E-state index contributed by atoms with van der Waals surface area (Å²) in [5.41, 5.74) is 2.33. The second-order valence-electron chi connectivity index (χ2n) is 6.91. The van der Waals surface area contributed by atoms with E-state index < -0.39 is 0 Å². The molecule has 0 unspecified atom stereocenters. The predicted molar refractivity (Wildman–Crippen MR) is 130 cm³/mol. The van der Waals surface area contributed by atoms with Gasteiger partial charge in [0.15, 0.2) is 0 Å². The van der Waals surface area contributed by atoms with Crippen LogP contribution < -0.4 is 15.0 Å². The van der Waals surface area contributed by atoms with Crippen LogP contribution in [0.25, 0.3) is 0 Å². The zero-order valence-corrected chi connectivity index (χ0v) is 19.6. The monoisotopic (exact) mass is 496 g/mol. The van der Waals surface area contributed by atoms with Gasteiger partial charge in [0.2, 0.25) is 0 Å². The summed E-state index contributed by atoms with van der Waals surface area (Å²) in [7, 11) is 1.61. The van der Waals surface area contributed by atoms with Crippen molar-refractivity contribution >= 4 is 39.1 Å². The standard InChI is InChI=1S/C25H25BrN2O4/c1-3-28(21-10-5-4-6-11-21)25(30)19-8-7-9-20(16-19)27-24(29)18-12-13-23(22(26)17-18)32-15-14-31-2/h4-13,16-17H,3,14-15H2,1-2H3,(H,27,29). The van der Waals surface area contributed by atoms with Crippen molar-refractivity contribution in [3.8, 4) is 5.75 Å². The largest absolute Gasteiger partial charge is 0.490 e. The Kier molecular flexibility index (Phi) is 8.41. The van der Waals surface area contributed by atoms with Gasteiger partial charge in [0.05, 0.1) is 11.1 Å². The van der Waals surface area contributed by atoms with Crippen molar-refractivity contribution in [2.24, 2.45) is 0 Å². The molecule has 0 saturated heterocycles. The number of benzene rings is 3. The van der Waals surface area contributed by atoms with E-state index in [2.05, 4.69) is 21.2 Å². The van der Waals surface area contributed by atoms with Crippen molar-refractivity contribution in [2.75, 3.05) is 37.1 Å². The van der Waals surface area contributed by atoms with Crippen LogP contribution in [0.1, 0.15) is 27.6 Å². The minimum absolute atomic E-state index is 0.130. The van der Waals surface area contributed by atoms with Crippen LogP contribution in [0.4, 0.5) is 11.4 Å². The summed E-state index contributed by atoms with van der Waals surface area (Å²) in [5.74, 6) is 0.219. The number of hydrogen-bond acceptors (Lipinski definition) is 4. The molecule has 0 heterocycles. The zero-order valence-electron chi connectivity index (χ0n) is 18.0. The molecule has 0 aromatic heterocycles. The van der Waals surface area contributed by atoms with E-state index >= 15 is 0 Å². The van der Waals surface area contributed by atoms with Gasteiger partial charge >= 0.3 is 0 Å². The summed E-state index contributed by atoms with van der Waals surface area (Å²) in [6.45, 7) is 3.35. The minimum Gasteiger partial charge on any atom is -0.490 e. The molecule has 0 radical (unpaired) electrons. The summed E-state index contributed by atoms with van der Waals surface area (Å²) in [6, 6.07) is 21.5. The Labute approximate surface area is 196 Å². The number of amides is 2. The van der Waals surface area contributed by atoms with Gasteiger partial charge < -0.3 is 19.7 Å². The van der Waals surface area contributed by atoms with Crippen molar-refractivity contribution in [3.63, 3.8) is 0 Å². The highest BCUT2D eigenvalue weighted by Crippen LogP contribution is 2.26. The number of nitrogens with one attached hydrogen (secondary N) is 1. The van der Waals surface area contributed by atoms with E-state index in [1.54, 1.807) is 54.5 Å². The third-order valence-corrected chi connectivity index (χ3v) is 5.36. The number of methoxy groups -OCH3 is 1. The van der Waals surface area contributed by atoms with E-state index in [0.29, 0.717) is 46.8 Å². The van der Waals surface area contributed by atoms with Crippen LogP contribution in [0, 0.1) is 0 Å². The number of anilines is 2. The lowest BCUT2D eigenvalue weighted by atomic mass is 10.1. The summed E-state index contributed by atoms with van der Waals surface area (Å²) in [5, 5.41) is 2.86. The highest BCUT2D eigenvalue weighted by atomic mass is 79.9. The van der Waals surface area contributed by atoms with Crippen LogP contribution >= 0.6 is 15.9 Å². The Morgan fingerprint density at radius 1 is 0.938 bits per heavy atom. The maximum atomic E-state index is 13.1. The fourth-order valence-electron chi connectivity index (χ4n) is 3.13. The first kappa shape index (κ1) is 23.5. The van der Waals surface area contributed by atoms with Gasteiger partial charge in [-0.1, -0.05) is 24.3 Å². The van der Waals surface area contributed by atoms with Gasteiger partial charge in [-0.2, -0.15) is 0 Å². The second kappa shape index (κ2) is 11.5. The smallest absolute Gasteiger partial charge is 0.258 e. The lowest BCUT2D eigenvalue weighted by Crippen LogP contribution is -2.30. The van der Waals surface area contributed by atoms with Crippen LogP contribution in [0.2, 0.25) is 0 Å². The van der Waals surface area contributed by atoms with Crippen LogP contribution in [0.5, 0.6) is 5.75 Å². The molecule has 7 heteroatoms. The summed E-state index contributed by atoms with van der Waals surface area (Å²) in [6.07, 6.45) is 0. The maximum Gasteiger partial charge on any atom is 0.258 e. The maximum absolute atomic E-state index is 13.1. The first-order chi connectivity index (χ1) is 15.5. The fourth-order valence-corrected chi connectivity index (χ4v) is 3.63. The molecular formula is C25H25BrN2O4. The summed E-state index contributed by atoms with van der Waals surface area (Å²) < 4.78 is 11.2. The van der Waals surface area contributed by atoms with E-state index in [4.69, 9.17) is 9.47 Å². The molecule has 0 aliphatic rings. The predicted octanol–water partition coefficient (Wildman–Crippen LogP) is 5.39. The molecule has 0 aliphatic heterocycles. The van der Waals surface area contributed by atoms with E-state index in [9.17, 15) is 9.59 Å². The lowest BCUT2D eigenvalue weighted by molar-refractivity contribution is 0.0985. The molecule has 0 aliphatic carbocycles. The van der Waals surface area contributed by atoms with Crippen LogP contribution in [0.3, 0.4) is 0 Å². The van der Waals surface area contributed by atoms with Gasteiger partial charge in [0.25, 0.3) is 11.8 Å². The molecule has 166 valence electrons. The van der Waals surface area contributed by atoms with Gasteiger partial charge in [0.1, 0.15) is 12.4 Å². The number of carbonyl (C=O) groups is 2. The number of nitrogens with zero attached hydrogens (tertiary/aromatic N) is 1. The Hall–Kier alpha value is -3.16. The van der Waals surface area contributed by atoms with E-state index in [1.165, 1.54) is 0 Å². The Bertz CT molecular complexity index is 1070. The average Bonchev–Trinajstić information content (AvgIpc) is 2.81. The van der Waals surface area contributed by atoms with Crippen molar-refractivity contribution in [1.29, 1.82) is 0 Å². The molecule has 0 fully saturated rings. The average molecular weight is 497 g/mol. The normalized spacial score (nSPS) is 10.5. The molecule has 3 rings (SSSR count). The van der Waals surface area contributed by atoms with Crippen molar-refractivity contribution < 1.29 is 19.1 Å². The molecule has 3 aromatic rings. The number of para-hydroxylation sites is 1. The lowest BCUT2D eigenvalue weighted by Gasteiger charge is -2.21. The molecule has 3 aromatic carbocycles. The molecule has 32 heavy (non-hydrogen) atoms. The number of rotatable bonds is 9. The van der Waals surface area contributed by atoms with Gasteiger partial charge in [-0.15, -0.1) is 0 Å². The number of halogens is 1. The second-order valence-corrected chi connectivity index (χ2v) is 7.76. The zero-order chi connectivity index (χ0) is 22.9. The Balaban J connectivity index is 1.72. The molecule has 2 amide bonds. The van der Waals surface area contributed by atoms with Gasteiger partial charge in [-0.05, 0) is 71.4 Å². The van der Waals surface area contributed by atoms with Crippen LogP contribution in [0.15, 0.2) is 77.3 Å². The van der Waals surface area contributed by atoms with Gasteiger partial charge in [0, 0.05) is 36.2 Å². The molecular weight excluding hydrogens is 472 g/mol. The third kappa shape index (κ3) is 5.96. The van der Waals surface area contributed by atoms with E-state index in [0.717, 1.165) is 5.69 Å². The fraction of sp³-hybridized carbons (Fsp3) is 0.200. The topological polar surface area (TPSA) is 67.9 Å². The Morgan fingerprint density at radius 2 is 1.72 bits per heavy atom. The summed E-state index contributed by atoms with van der Waals surface area (Å²) >= 11 is 3.43. The quantitative estimate of drug-likeness (QED) is 0.403. The highest BCUT2D eigenvalue weighted by molar-refractivity contribution is 9.10. The Morgan fingerprint density at radius 3 is 2.41 bits per heavy atom. The molecule has 0 bridgehead atoms. The third-order valence-electron chi connectivity index (χ3n) is 4.74. The van der Waals surface area contributed by atoms with Crippen LogP contribution in [-0.2, 0) is 4.74 Å². The van der Waals surface area contributed by atoms with Crippen LogP contribution in [-0.4, -0.2) is 38.7 Å². The summed E-state index contributed by atoms with van der Waals surface area (Å²) in [4.78, 5) is 27.5. The van der Waals surface area contributed by atoms with E-state index in [1.807, 2.05) is 37.3 Å². The first-order valence-electron chi connectivity index (χ1n) is 10.2. The SMILES string of the molecule is CCN(C(=O)c1cccc(NC(=O)c2ccc(OCCOC)c(Br)c2)c1)c1ccccc1. The number of ether oxygens (including phenoxy) is 2. The van der Waals surface area contributed by atoms with Crippen molar-refractivity contribution in [1.82, 2.24) is 0 Å².